The molecule has 9 heteroatoms. The Morgan fingerprint density at radius 2 is 1.72 bits per heavy atom. The largest absolute Gasteiger partial charge is 0.461 e. The van der Waals surface area contributed by atoms with Gasteiger partial charge in [-0.3, -0.25) is 4.79 Å². The lowest BCUT2D eigenvalue weighted by molar-refractivity contribution is -0.144. The van der Waals surface area contributed by atoms with E-state index in [2.05, 4.69) is 4.72 Å². The summed E-state index contributed by atoms with van der Waals surface area (Å²) in [7, 11) is -3.84. The maximum absolute atomic E-state index is 12.9. The van der Waals surface area contributed by atoms with Crippen molar-refractivity contribution < 1.29 is 26.7 Å². The third kappa shape index (κ3) is 5.77. The van der Waals surface area contributed by atoms with Gasteiger partial charge in [-0.15, -0.1) is 0 Å². The molecule has 0 saturated heterocycles. The fourth-order valence-electron chi connectivity index (χ4n) is 1.85. The molecule has 2 aromatic rings. The molecule has 0 unspecified atom stereocenters. The number of carbonyl (C=O) groups excluding carboxylic acids is 1. The van der Waals surface area contributed by atoms with Gasteiger partial charge in [0.25, 0.3) is 0 Å². The number of ether oxygens (including phenoxy) is 1. The van der Waals surface area contributed by atoms with Gasteiger partial charge in [0.2, 0.25) is 10.0 Å². The average Bonchev–Trinajstić information content (AvgIpc) is 2.54. The molecule has 25 heavy (non-hydrogen) atoms. The molecule has 134 valence electrons. The highest BCUT2D eigenvalue weighted by atomic mass is 35.5. The minimum Gasteiger partial charge on any atom is -0.461 e. The minimum atomic E-state index is -3.84. The Hall–Kier alpha value is -2.03. The van der Waals surface area contributed by atoms with Crippen LogP contribution in [0.4, 0.5) is 8.78 Å². The first kappa shape index (κ1) is 19.3. The topological polar surface area (TPSA) is 72.5 Å². The Labute approximate surface area is 148 Å². The van der Waals surface area contributed by atoms with Crippen molar-refractivity contribution in [2.24, 2.45) is 0 Å². The van der Waals surface area contributed by atoms with Crippen molar-refractivity contribution >= 4 is 27.6 Å². The molecule has 0 spiro atoms. The second-order valence-electron chi connectivity index (χ2n) is 5.00. The van der Waals surface area contributed by atoms with Crippen molar-refractivity contribution in [1.82, 2.24) is 4.72 Å². The molecule has 5 nitrogen and oxygen atoms in total. The van der Waals surface area contributed by atoms with Gasteiger partial charge < -0.3 is 4.74 Å². The molecular weight excluding hydrogens is 376 g/mol. The average molecular weight is 390 g/mol. The molecule has 0 aromatic heterocycles. The molecule has 0 amide bonds. The van der Waals surface area contributed by atoms with Gasteiger partial charge in [-0.05, 0) is 36.4 Å². The SMILES string of the molecule is O=C(CCNS(=O)(=O)c1ccc(F)cc1)OCc1ccc(F)cc1Cl. The van der Waals surface area contributed by atoms with E-state index in [1.807, 2.05) is 0 Å². The Balaban J connectivity index is 1.81. The predicted molar refractivity (Wildman–Crippen MR) is 87.4 cm³/mol. The van der Waals surface area contributed by atoms with Gasteiger partial charge in [-0.2, -0.15) is 0 Å². The molecule has 0 atom stereocenters. The smallest absolute Gasteiger partial charge is 0.307 e. The molecule has 0 heterocycles. The van der Waals surface area contributed by atoms with Gasteiger partial charge in [-0.1, -0.05) is 17.7 Å². The Morgan fingerprint density at radius 3 is 2.36 bits per heavy atom. The third-order valence-corrected chi connectivity index (χ3v) is 4.98. The van der Waals surface area contributed by atoms with Crippen molar-refractivity contribution in [1.29, 1.82) is 0 Å². The number of benzene rings is 2. The molecule has 0 aliphatic rings. The molecule has 0 saturated carbocycles. The van der Waals surface area contributed by atoms with Crippen LogP contribution in [-0.2, 0) is 26.2 Å². The first-order chi connectivity index (χ1) is 11.8. The Bertz CT molecular complexity index is 857. The number of hydrogen-bond acceptors (Lipinski definition) is 4. The summed E-state index contributed by atoms with van der Waals surface area (Å²) in [6, 6.07) is 7.96. The first-order valence-corrected chi connectivity index (χ1v) is 8.99. The molecule has 2 rings (SSSR count). The van der Waals surface area contributed by atoms with E-state index in [1.165, 1.54) is 12.1 Å². The van der Waals surface area contributed by atoms with Crippen LogP contribution in [0.15, 0.2) is 47.4 Å². The van der Waals surface area contributed by atoms with Crippen LogP contribution in [0.5, 0.6) is 0 Å². The number of esters is 1. The van der Waals surface area contributed by atoms with Crippen LogP contribution in [0.1, 0.15) is 12.0 Å². The van der Waals surface area contributed by atoms with Crippen molar-refractivity contribution in [2.45, 2.75) is 17.9 Å². The van der Waals surface area contributed by atoms with E-state index in [0.717, 1.165) is 30.3 Å². The molecule has 0 bridgehead atoms. The van der Waals surface area contributed by atoms with Crippen LogP contribution in [0.25, 0.3) is 0 Å². The lowest BCUT2D eigenvalue weighted by atomic mass is 10.2. The predicted octanol–water partition coefficient (Wildman–Crippen LogP) is 3.03. The highest BCUT2D eigenvalue weighted by Gasteiger charge is 2.14. The standard InChI is InChI=1S/C16H14ClF2NO4S/c17-15-9-13(19)2-1-11(15)10-24-16(21)7-8-20-25(22,23)14-5-3-12(18)4-6-14/h1-6,9,20H,7-8,10H2. The summed E-state index contributed by atoms with van der Waals surface area (Å²) < 4.78 is 56.8. The first-order valence-electron chi connectivity index (χ1n) is 7.13. The summed E-state index contributed by atoms with van der Waals surface area (Å²) in [6.07, 6.45) is -0.209. The monoisotopic (exact) mass is 389 g/mol. The zero-order chi connectivity index (χ0) is 18.4. The molecule has 0 fully saturated rings. The molecule has 1 N–H and O–H groups in total. The van der Waals surface area contributed by atoms with Gasteiger partial charge in [0.15, 0.2) is 0 Å². The maximum Gasteiger partial charge on any atom is 0.307 e. The molecule has 0 aliphatic carbocycles. The molecular formula is C16H14ClF2NO4S. The number of carbonyl (C=O) groups is 1. The van der Waals surface area contributed by atoms with E-state index >= 15 is 0 Å². The molecule has 2 aromatic carbocycles. The van der Waals surface area contributed by atoms with Crippen molar-refractivity contribution in [3.63, 3.8) is 0 Å². The second-order valence-corrected chi connectivity index (χ2v) is 7.17. The summed E-state index contributed by atoms with van der Waals surface area (Å²) in [5.74, 6) is -1.71. The van der Waals surface area contributed by atoms with Crippen molar-refractivity contribution in [2.75, 3.05) is 6.54 Å². The summed E-state index contributed by atoms with van der Waals surface area (Å²) in [5, 5.41) is 0.129. The summed E-state index contributed by atoms with van der Waals surface area (Å²) in [4.78, 5) is 11.5. The summed E-state index contributed by atoms with van der Waals surface area (Å²) in [6.45, 7) is -0.335. The van der Waals surface area contributed by atoms with E-state index < -0.39 is 27.6 Å². The Kier molecular flexibility index (Phi) is 6.46. The maximum atomic E-state index is 12.9. The highest BCUT2D eigenvalue weighted by Crippen LogP contribution is 2.18. The highest BCUT2D eigenvalue weighted by molar-refractivity contribution is 7.89. The second kappa shape index (κ2) is 8.37. The summed E-state index contributed by atoms with van der Waals surface area (Å²) >= 11 is 5.81. The van der Waals surface area contributed by atoms with Crippen molar-refractivity contribution in [3.8, 4) is 0 Å². The number of sulfonamides is 1. The quantitative estimate of drug-likeness (QED) is 0.739. The van der Waals surface area contributed by atoms with Crippen molar-refractivity contribution in [3.05, 3.63) is 64.7 Å². The third-order valence-electron chi connectivity index (χ3n) is 3.15. The molecule has 0 aliphatic heterocycles. The lowest BCUT2D eigenvalue weighted by Gasteiger charge is -2.08. The summed E-state index contributed by atoms with van der Waals surface area (Å²) in [5.41, 5.74) is 0.434. The van der Waals surface area contributed by atoms with Crippen LogP contribution in [-0.4, -0.2) is 20.9 Å². The van der Waals surface area contributed by atoms with Crippen LogP contribution in [0.3, 0.4) is 0 Å². The number of hydrogen-bond donors (Lipinski definition) is 1. The lowest BCUT2D eigenvalue weighted by Crippen LogP contribution is -2.26. The minimum absolute atomic E-state index is 0.111. The zero-order valence-electron chi connectivity index (χ0n) is 12.8. The molecule has 0 radical (unpaired) electrons. The number of rotatable bonds is 7. The van der Waals surface area contributed by atoms with Crippen LogP contribution < -0.4 is 4.72 Å². The van der Waals surface area contributed by atoms with Crippen LogP contribution in [0.2, 0.25) is 5.02 Å². The Morgan fingerprint density at radius 1 is 1.08 bits per heavy atom. The normalized spacial score (nSPS) is 11.3. The van der Waals surface area contributed by atoms with Crippen LogP contribution >= 0.6 is 11.6 Å². The zero-order valence-corrected chi connectivity index (χ0v) is 14.4. The fourth-order valence-corrected chi connectivity index (χ4v) is 3.11. The number of halogens is 3. The van der Waals surface area contributed by atoms with Gasteiger partial charge in [0.1, 0.15) is 18.2 Å². The van der Waals surface area contributed by atoms with Gasteiger partial charge >= 0.3 is 5.97 Å². The van der Waals surface area contributed by atoms with E-state index in [-0.39, 0.29) is 29.5 Å². The van der Waals surface area contributed by atoms with E-state index in [9.17, 15) is 22.0 Å². The van der Waals surface area contributed by atoms with Gasteiger partial charge in [-0.25, -0.2) is 21.9 Å². The number of nitrogens with one attached hydrogen (secondary N) is 1. The fraction of sp³-hybridized carbons (Fsp3) is 0.188. The van der Waals surface area contributed by atoms with E-state index in [0.29, 0.717) is 5.56 Å². The van der Waals surface area contributed by atoms with E-state index in [4.69, 9.17) is 16.3 Å². The van der Waals surface area contributed by atoms with Crippen LogP contribution in [0, 0.1) is 11.6 Å². The van der Waals surface area contributed by atoms with Gasteiger partial charge in [0, 0.05) is 12.1 Å². The van der Waals surface area contributed by atoms with E-state index in [1.54, 1.807) is 0 Å². The van der Waals surface area contributed by atoms with Gasteiger partial charge in [0.05, 0.1) is 16.3 Å².